The SMILES string of the molecule is CCNC(c1ccc(C)cc1)c1cn(C)nc1C. The van der Waals surface area contributed by atoms with E-state index in [-0.39, 0.29) is 6.04 Å². The van der Waals surface area contributed by atoms with E-state index in [2.05, 4.69) is 61.6 Å². The van der Waals surface area contributed by atoms with Crippen LogP contribution in [0.1, 0.15) is 35.3 Å². The summed E-state index contributed by atoms with van der Waals surface area (Å²) in [6.45, 7) is 7.25. The number of aryl methyl sites for hydroxylation is 3. The van der Waals surface area contributed by atoms with Gasteiger partial charge in [0.15, 0.2) is 0 Å². The van der Waals surface area contributed by atoms with Crippen molar-refractivity contribution in [2.24, 2.45) is 7.05 Å². The summed E-state index contributed by atoms with van der Waals surface area (Å²) in [7, 11) is 1.97. The fourth-order valence-corrected chi connectivity index (χ4v) is 2.27. The zero-order chi connectivity index (χ0) is 13.1. The first-order valence-corrected chi connectivity index (χ1v) is 6.42. The van der Waals surface area contributed by atoms with Crippen LogP contribution < -0.4 is 5.32 Å². The van der Waals surface area contributed by atoms with E-state index in [9.17, 15) is 0 Å². The molecule has 2 rings (SSSR count). The average molecular weight is 243 g/mol. The van der Waals surface area contributed by atoms with Crippen molar-refractivity contribution in [3.05, 3.63) is 52.8 Å². The number of rotatable bonds is 4. The van der Waals surface area contributed by atoms with Gasteiger partial charge in [-0.25, -0.2) is 0 Å². The molecule has 0 spiro atoms. The van der Waals surface area contributed by atoms with Crippen molar-refractivity contribution in [3.63, 3.8) is 0 Å². The zero-order valence-corrected chi connectivity index (χ0v) is 11.6. The van der Waals surface area contributed by atoms with Gasteiger partial charge < -0.3 is 5.32 Å². The summed E-state index contributed by atoms with van der Waals surface area (Å²) in [5, 5.41) is 7.97. The number of nitrogens with zero attached hydrogens (tertiary/aromatic N) is 2. The van der Waals surface area contributed by atoms with Crippen LogP contribution >= 0.6 is 0 Å². The van der Waals surface area contributed by atoms with E-state index >= 15 is 0 Å². The summed E-state index contributed by atoms with van der Waals surface area (Å²) >= 11 is 0. The van der Waals surface area contributed by atoms with Crippen molar-refractivity contribution in [2.45, 2.75) is 26.8 Å². The van der Waals surface area contributed by atoms with Crippen molar-refractivity contribution in [1.29, 1.82) is 0 Å². The fourth-order valence-electron chi connectivity index (χ4n) is 2.27. The molecular formula is C15H21N3. The summed E-state index contributed by atoms with van der Waals surface area (Å²) < 4.78 is 1.88. The Hall–Kier alpha value is -1.61. The number of hydrogen-bond donors (Lipinski definition) is 1. The third-order valence-electron chi connectivity index (χ3n) is 3.18. The molecule has 0 aliphatic rings. The molecule has 3 heteroatoms. The molecule has 1 N–H and O–H groups in total. The lowest BCUT2D eigenvalue weighted by Gasteiger charge is -2.18. The Kier molecular flexibility index (Phi) is 3.82. The van der Waals surface area contributed by atoms with E-state index in [0.29, 0.717) is 0 Å². The second kappa shape index (κ2) is 5.36. The molecule has 3 nitrogen and oxygen atoms in total. The fraction of sp³-hybridized carbons (Fsp3) is 0.400. The lowest BCUT2D eigenvalue weighted by Crippen LogP contribution is -2.22. The Morgan fingerprint density at radius 2 is 1.89 bits per heavy atom. The Morgan fingerprint density at radius 3 is 2.39 bits per heavy atom. The summed E-state index contributed by atoms with van der Waals surface area (Å²) in [6.07, 6.45) is 2.10. The molecule has 0 aliphatic carbocycles. The average Bonchev–Trinajstić information content (AvgIpc) is 2.67. The lowest BCUT2D eigenvalue weighted by molar-refractivity contribution is 0.627. The molecule has 1 atom stereocenters. The molecule has 0 saturated heterocycles. The van der Waals surface area contributed by atoms with Crippen LogP contribution in [-0.4, -0.2) is 16.3 Å². The van der Waals surface area contributed by atoms with Crippen molar-refractivity contribution < 1.29 is 0 Å². The van der Waals surface area contributed by atoms with Gasteiger partial charge in [-0.15, -0.1) is 0 Å². The Labute approximate surface area is 109 Å². The second-order valence-corrected chi connectivity index (χ2v) is 4.74. The molecule has 96 valence electrons. The maximum absolute atomic E-state index is 4.43. The molecule has 0 fully saturated rings. The van der Waals surface area contributed by atoms with Gasteiger partial charge in [0.25, 0.3) is 0 Å². The van der Waals surface area contributed by atoms with Crippen LogP contribution in [0.5, 0.6) is 0 Å². The van der Waals surface area contributed by atoms with Gasteiger partial charge in [0.05, 0.1) is 11.7 Å². The lowest BCUT2D eigenvalue weighted by atomic mass is 9.98. The van der Waals surface area contributed by atoms with Crippen LogP contribution in [0.25, 0.3) is 0 Å². The summed E-state index contributed by atoms with van der Waals surface area (Å²) in [4.78, 5) is 0. The van der Waals surface area contributed by atoms with Gasteiger partial charge in [-0.2, -0.15) is 5.10 Å². The molecule has 1 heterocycles. The summed E-state index contributed by atoms with van der Waals surface area (Å²) in [6, 6.07) is 8.92. The van der Waals surface area contributed by atoms with Gasteiger partial charge in [0.1, 0.15) is 0 Å². The minimum atomic E-state index is 0.226. The third kappa shape index (κ3) is 2.62. The first kappa shape index (κ1) is 12.8. The second-order valence-electron chi connectivity index (χ2n) is 4.74. The van der Waals surface area contributed by atoms with Gasteiger partial charge in [-0.05, 0) is 26.0 Å². The maximum atomic E-state index is 4.43. The first-order chi connectivity index (χ1) is 8.61. The highest BCUT2D eigenvalue weighted by Gasteiger charge is 2.17. The van der Waals surface area contributed by atoms with Gasteiger partial charge in [-0.3, -0.25) is 4.68 Å². The van der Waals surface area contributed by atoms with Crippen LogP contribution in [0.3, 0.4) is 0 Å². The molecule has 0 amide bonds. The van der Waals surface area contributed by atoms with Gasteiger partial charge in [0.2, 0.25) is 0 Å². The molecule has 18 heavy (non-hydrogen) atoms. The molecule has 1 unspecified atom stereocenters. The Morgan fingerprint density at radius 1 is 1.22 bits per heavy atom. The molecule has 0 bridgehead atoms. The molecule has 1 aromatic heterocycles. The van der Waals surface area contributed by atoms with Crippen molar-refractivity contribution in [2.75, 3.05) is 6.54 Å². The smallest absolute Gasteiger partial charge is 0.0644 e. The monoisotopic (exact) mass is 243 g/mol. The van der Waals surface area contributed by atoms with Gasteiger partial charge in [-0.1, -0.05) is 36.8 Å². The Bertz CT molecular complexity index is 511. The van der Waals surface area contributed by atoms with E-state index in [1.165, 1.54) is 16.7 Å². The predicted octanol–water partition coefficient (Wildman–Crippen LogP) is 2.74. The molecular weight excluding hydrogens is 222 g/mol. The minimum Gasteiger partial charge on any atom is -0.306 e. The molecule has 0 aliphatic heterocycles. The predicted molar refractivity (Wildman–Crippen MR) is 74.6 cm³/mol. The standard InChI is InChI=1S/C15H21N3/c1-5-16-15(13-8-6-11(2)7-9-13)14-10-18(4)17-12(14)3/h6-10,15-16H,5H2,1-4H3. The maximum Gasteiger partial charge on any atom is 0.0644 e. The van der Waals surface area contributed by atoms with Crippen LogP contribution in [0.4, 0.5) is 0 Å². The van der Waals surface area contributed by atoms with E-state index in [1.807, 2.05) is 11.7 Å². The highest BCUT2D eigenvalue weighted by Crippen LogP contribution is 2.24. The Balaban J connectivity index is 2.39. The third-order valence-corrected chi connectivity index (χ3v) is 3.18. The molecule has 1 aromatic carbocycles. The zero-order valence-electron chi connectivity index (χ0n) is 11.6. The van der Waals surface area contributed by atoms with Crippen LogP contribution in [0.15, 0.2) is 30.5 Å². The van der Waals surface area contributed by atoms with E-state index in [1.54, 1.807) is 0 Å². The van der Waals surface area contributed by atoms with Gasteiger partial charge >= 0.3 is 0 Å². The van der Waals surface area contributed by atoms with Gasteiger partial charge in [0, 0.05) is 18.8 Å². The summed E-state index contributed by atoms with van der Waals surface area (Å²) in [5.41, 5.74) is 4.92. The number of nitrogens with one attached hydrogen (secondary N) is 1. The highest BCUT2D eigenvalue weighted by atomic mass is 15.3. The highest BCUT2D eigenvalue weighted by molar-refractivity contribution is 5.34. The van der Waals surface area contributed by atoms with E-state index < -0.39 is 0 Å². The summed E-state index contributed by atoms with van der Waals surface area (Å²) in [5.74, 6) is 0. The molecule has 0 saturated carbocycles. The number of aromatic nitrogens is 2. The van der Waals surface area contributed by atoms with E-state index in [4.69, 9.17) is 0 Å². The molecule has 2 aromatic rings. The van der Waals surface area contributed by atoms with E-state index in [0.717, 1.165) is 12.2 Å². The minimum absolute atomic E-state index is 0.226. The largest absolute Gasteiger partial charge is 0.306 e. The number of hydrogen-bond acceptors (Lipinski definition) is 2. The molecule has 0 radical (unpaired) electrons. The topological polar surface area (TPSA) is 29.9 Å². The van der Waals surface area contributed by atoms with Crippen molar-refractivity contribution >= 4 is 0 Å². The van der Waals surface area contributed by atoms with Crippen LogP contribution in [0.2, 0.25) is 0 Å². The number of benzene rings is 1. The van der Waals surface area contributed by atoms with Crippen LogP contribution in [0, 0.1) is 13.8 Å². The first-order valence-electron chi connectivity index (χ1n) is 6.42. The van der Waals surface area contributed by atoms with Crippen molar-refractivity contribution in [3.8, 4) is 0 Å². The van der Waals surface area contributed by atoms with Crippen molar-refractivity contribution in [1.82, 2.24) is 15.1 Å². The normalized spacial score (nSPS) is 12.7. The quantitative estimate of drug-likeness (QED) is 0.895. The van der Waals surface area contributed by atoms with Crippen LogP contribution in [-0.2, 0) is 7.05 Å².